The summed E-state index contributed by atoms with van der Waals surface area (Å²) in [6.07, 6.45) is 4.37. The molecule has 4 rings (SSSR count). The van der Waals surface area contributed by atoms with E-state index in [2.05, 4.69) is 25.9 Å². The number of nitrogens with zero attached hydrogens (tertiary/aromatic N) is 5. The highest BCUT2D eigenvalue weighted by Crippen LogP contribution is 2.14. The maximum absolute atomic E-state index is 13.7. The van der Waals surface area contributed by atoms with E-state index in [0.29, 0.717) is 42.4 Å². The second-order valence-electron chi connectivity index (χ2n) is 8.20. The number of rotatable bonds is 8. The Morgan fingerprint density at radius 1 is 1.14 bits per heavy atom. The Morgan fingerprint density at radius 2 is 1.94 bits per heavy atom. The van der Waals surface area contributed by atoms with Crippen molar-refractivity contribution in [3.63, 3.8) is 0 Å². The summed E-state index contributed by atoms with van der Waals surface area (Å²) in [5, 5.41) is 12.7. The zero-order valence-electron chi connectivity index (χ0n) is 19.4. The lowest BCUT2D eigenvalue weighted by Crippen LogP contribution is -2.36. The Balaban J connectivity index is 1.48. The van der Waals surface area contributed by atoms with E-state index in [4.69, 9.17) is 17.5 Å². The molecule has 0 spiro atoms. The van der Waals surface area contributed by atoms with Gasteiger partial charge >= 0.3 is 0 Å². The minimum atomic E-state index is -0.323. The molecule has 0 radical (unpaired) electrons. The number of aryl methyl sites for hydroxylation is 1. The average molecular weight is 485 g/mol. The Bertz CT molecular complexity index is 1340. The second kappa shape index (κ2) is 11.4. The van der Waals surface area contributed by atoms with Crippen LogP contribution in [0.1, 0.15) is 28.2 Å². The SMILES string of the molecule is Cc1cccc(CN(CCc2cncn2Cc2ccc(C#N)cc2)C(=S)Nc2cccc(F)c2)n1. The van der Waals surface area contributed by atoms with Crippen molar-refractivity contribution in [2.45, 2.75) is 26.4 Å². The van der Waals surface area contributed by atoms with Gasteiger partial charge < -0.3 is 14.8 Å². The normalized spacial score (nSPS) is 10.5. The molecule has 176 valence electrons. The van der Waals surface area contributed by atoms with Crippen LogP contribution >= 0.6 is 12.2 Å². The van der Waals surface area contributed by atoms with Crippen LogP contribution in [-0.2, 0) is 19.5 Å². The molecule has 4 aromatic rings. The number of pyridine rings is 1. The van der Waals surface area contributed by atoms with Crippen molar-refractivity contribution in [3.05, 3.63) is 113 Å². The molecule has 2 aromatic heterocycles. The van der Waals surface area contributed by atoms with E-state index in [-0.39, 0.29) is 5.82 Å². The van der Waals surface area contributed by atoms with Gasteiger partial charge in [0.1, 0.15) is 5.82 Å². The molecule has 0 aliphatic heterocycles. The fourth-order valence-electron chi connectivity index (χ4n) is 3.73. The number of anilines is 1. The molecule has 0 saturated carbocycles. The molecule has 0 aliphatic carbocycles. The molecule has 0 aliphatic rings. The van der Waals surface area contributed by atoms with E-state index in [0.717, 1.165) is 22.6 Å². The topological polar surface area (TPSA) is 69.8 Å². The molecule has 2 heterocycles. The van der Waals surface area contributed by atoms with Gasteiger partial charge in [-0.05, 0) is 67.2 Å². The van der Waals surface area contributed by atoms with E-state index in [1.54, 1.807) is 12.1 Å². The third-order valence-electron chi connectivity index (χ3n) is 5.53. The first kappa shape index (κ1) is 24.0. The number of imidazole rings is 1. The van der Waals surface area contributed by atoms with Crippen LogP contribution in [0.25, 0.3) is 0 Å². The smallest absolute Gasteiger partial charge is 0.173 e. The largest absolute Gasteiger partial charge is 0.343 e. The highest BCUT2D eigenvalue weighted by atomic mass is 32.1. The number of hydrogen-bond donors (Lipinski definition) is 1. The maximum atomic E-state index is 13.7. The quantitative estimate of drug-likeness (QED) is 0.352. The molecule has 0 fully saturated rings. The number of thiocarbonyl (C=S) groups is 1. The van der Waals surface area contributed by atoms with Crippen LogP contribution in [0.15, 0.2) is 79.3 Å². The van der Waals surface area contributed by atoms with Gasteiger partial charge in [0.25, 0.3) is 0 Å². The van der Waals surface area contributed by atoms with Gasteiger partial charge in [0, 0.05) is 42.8 Å². The molecule has 0 bridgehead atoms. The second-order valence-corrected chi connectivity index (χ2v) is 8.59. The summed E-state index contributed by atoms with van der Waals surface area (Å²) < 4.78 is 15.8. The molecule has 35 heavy (non-hydrogen) atoms. The molecule has 0 unspecified atom stereocenters. The van der Waals surface area contributed by atoms with Gasteiger partial charge in [0.05, 0.1) is 30.2 Å². The van der Waals surface area contributed by atoms with Crippen molar-refractivity contribution in [2.75, 3.05) is 11.9 Å². The molecular weight excluding hydrogens is 459 g/mol. The van der Waals surface area contributed by atoms with Crippen molar-refractivity contribution in [1.82, 2.24) is 19.4 Å². The van der Waals surface area contributed by atoms with Crippen LogP contribution in [0.2, 0.25) is 0 Å². The Labute approximate surface area is 209 Å². The third kappa shape index (κ3) is 6.71. The molecule has 2 aromatic carbocycles. The summed E-state index contributed by atoms with van der Waals surface area (Å²) in [6.45, 7) is 3.76. The van der Waals surface area contributed by atoms with Gasteiger partial charge in [-0.1, -0.05) is 24.3 Å². The van der Waals surface area contributed by atoms with E-state index < -0.39 is 0 Å². The average Bonchev–Trinajstić information content (AvgIpc) is 3.29. The third-order valence-corrected chi connectivity index (χ3v) is 5.89. The Kier molecular flexibility index (Phi) is 7.81. The lowest BCUT2D eigenvalue weighted by atomic mass is 10.1. The zero-order chi connectivity index (χ0) is 24.6. The van der Waals surface area contributed by atoms with Gasteiger partial charge in [0.2, 0.25) is 0 Å². The zero-order valence-corrected chi connectivity index (χ0v) is 20.2. The van der Waals surface area contributed by atoms with Gasteiger partial charge in [-0.3, -0.25) is 4.98 Å². The number of hydrogen-bond acceptors (Lipinski definition) is 4. The van der Waals surface area contributed by atoms with Crippen LogP contribution in [0.5, 0.6) is 0 Å². The van der Waals surface area contributed by atoms with E-state index in [9.17, 15) is 4.39 Å². The van der Waals surface area contributed by atoms with E-state index in [1.807, 2.05) is 66.8 Å². The van der Waals surface area contributed by atoms with E-state index in [1.165, 1.54) is 12.1 Å². The van der Waals surface area contributed by atoms with Crippen molar-refractivity contribution in [3.8, 4) is 6.07 Å². The molecule has 0 amide bonds. The van der Waals surface area contributed by atoms with Crippen molar-refractivity contribution in [2.24, 2.45) is 0 Å². The van der Waals surface area contributed by atoms with E-state index >= 15 is 0 Å². The number of benzene rings is 2. The molecule has 6 nitrogen and oxygen atoms in total. The van der Waals surface area contributed by atoms with Crippen LogP contribution in [0, 0.1) is 24.1 Å². The van der Waals surface area contributed by atoms with Crippen molar-refractivity contribution < 1.29 is 4.39 Å². The van der Waals surface area contributed by atoms with Crippen molar-refractivity contribution in [1.29, 1.82) is 5.26 Å². The number of aromatic nitrogens is 3. The fourth-order valence-corrected chi connectivity index (χ4v) is 4.01. The monoisotopic (exact) mass is 484 g/mol. The van der Waals surface area contributed by atoms with Crippen LogP contribution < -0.4 is 5.32 Å². The number of halogens is 1. The minimum absolute atomic E-state index is 0.323. The lowest BCUT2D eigenvalue weighted by molar-refractivity contribution is 0.412. The summed E-state index contributed by atoms with van der Waals surface area (Å²) in [5.74, 6) is -0.323. The summed E-state index contributed by atoms with van der Waals surface area (Å²) in [5.41, 5.74) is 5.23. The van der Waals surface area contributed by atoms with Crippen LogP contribution in [0.3, 0.4) is 0 Å². The number of nitriles is 1. The molecule has 8 heteroatoms. The minimum Gasteiger partial charge on any atom is -0.343 e. The predicted octanol–water partition coefficient (Wildman–Crippen LogP) is 5.09. The number of nitrogens with one attached hydrogen (secondary N) is 1. The highest BCUT2D eigenvalue weighted by molar-refractivity contribution is 7.80. The molecule has 1 N–H and O–H groups in total. The summed E-state index contributed by atoms with van der Waals surface area (Å²) in [7, 11) is 0. The fraction of sp³-hybridized carbons (Fsp3) is 0.185. The van der Waals surface area contributed by atoms with Crippen molar-refractivity contribution >= 4 is 23.0 Å². The van der Waals surface area contributed by atoms with Crippen LogP contribution in [-0.4, -0.2) is 31.1 Å². The summed E-state index contributed by atoms with van der Waals surface area (Å²) in [6, 6.07) is 21.8. The first-order valence-electron chi connectivity index (χ1n) is 11.2. The predicted molar refractivity (Wildman–Crippen MR) is 138 cm³/mol. The standard InChI is InChI=1S/C27H25FN6S/c1-20-4-2-7-25(31-20)18-33(27(35)32-24-6-3-5-23(28)14-24)13-12-26-16-30-19-34(26)17-22-10-8-21(15-29)9-11-22/h2-11,14,16,19H,12-13,17-18H2,1H3,(H,32,35). The van der Waals surface area contributed by atoms with Crippen LogP contribution in [0.4, 0.5) is 10.1 Å². The first-order chi connectivity index (χ1) is 17.0. The Hall–Kier alpha value is -4.09. The Morgan fingerprint density at radius 3 is 2.69 bits per heavy atom. The van der Waals surface area contributed by atoms with Gasteiger partial charge in [-0.25, -0.2) is 9.37 Å². The molecule has 0 saturated heterocycles. The molecule has 0 atom stereocenters. The molecular formula is C27H25FN6S. The van der Waals surface area contributed by atoms with Gasteiger partial charge in [-0.2, -0.15) is 5.26 Å². The van der Waals surface area contributed by atoms with Gasteiger partial charge in [-0.15, -0.1) is 0 Å². The first-order valence-corrected chi connectivity index (χ1v) is 11.6. The highest BCUT2D eigenvalue weighted by Gasteiger charge is 2.14. The summed E-state index contributed by atoms with van der Waals surface area (Å²) in [4.78, 5) is 11.0. The maximum Gasteiger partial charge on any atom is 0.173 e. The lowest BCUT2D eigenvalue weighted by Gasteiger charge is -2.26. The summed E-state index contributed by atoms with van der Waals surface area (Å²) >= 11 is 5.70. The van der Waals surface area contributed by atoms with Gasteiger partial charge in [0.15, 0.2) is 5.11 Å².